The minimum absolute atomic E-state index is 0.00514. The zero-order valence-electron chi connectivity index (χ0n) is 22.3. The quantitative estimate of drug-likeness (QED) is 0.175. The number of aliphatic hydroxyl groups excluding tert-OH is 1. The number of aliphatic hydroxyl groups is 1. The van der Waals surface area contributed by atoms with Crippen molar-refractivity contribution in [2.45, 2.75) is 9.79 Å². The second-order valence-corrected chi connectivity index (χ2v) is 10.9. The third-order valence-electron chi connectivity index (χ3n) is 5.65. The van der Waals surface area contributed by atoms with Crippen molar-refractivity contribution in [2.24, 2.45) is 0 Å². The van der Waals surface area contributed by atoms with E-state index >= 15 is 0 Å². The van der Waals surface area contributed by atoms with E-state index in [1.165, 1.54) is 37.2 Å². The van der Waals surface area contributed by atoms with Crippen LogP contribution in [-0.2, 0) is 10.0 Å². The largest absolute Gasteiger partial charge is 0.493 e. The number of ether oxygens (including phenoxy) is 3. The number of thioether (sulfide) groups is 1. The number of aromatic nitrogens is 7. The number of tetrazole rings is 1. The second-order valence-electron chi connectivity index (χ2n) is 8.32. The lowest BCUT2D eigenvalue weighted by molar-refractivity contribution is 0.192. The Hall–Kier alpha value is -4.80. The van der Waals surface area contributed by atoms with Gasteiger partial charge in [0, 0.05) is 16.7 Å². The van der Waals surface area contributed by atoms with E-state index < -0.39 is 10.0 Å². The Morgan fingerprint density at radius 2 is 1.83 bits per heavy atom. The van der Waals surface area contributed by atoms with Gasteiger partial charge in [-0.05, 0) is 65.2 Å². The topological polar surface area (TPSA) is 187 Å². The van der Waals surface area contributed by atoms with Crippen LogP contribution in [0.5, 0.6) is 23.1 Å². The molecule has 0 aliphatic heterocycles. The lowest BCUT2D eigenvalue weighted by Gasteiger charge is -2.18. The number of pyridine rings is 1. The van der Waals surface area contributed by atoms with Gasteiger partial charge in [-0.1, -0.05) is 12.1 Å². The number of nitrogens with zero attached hydrogens (tertiary/aromatic N) is 6. The van der Waals surface area contributed by atoms with Gasteiger partial charge in [0.1, 0.15) is 12.3 Å². The predicted molar refractivity (Wildman–Crippen MR) is 153 cm³/mol. The zero-order valence-corrected chi connectivity index (χ0v) is 23.9. The minimum Gasteiger partial charge on any atom is -0.493 e. The SMILES string of the molecule is COc1ccccc1Oc1c(NS(=O)(=O)c2ccc(SC)cc2)nc(-c2ccnc(-c3nnn[nH]3)c2)nc1OCCO. The van der Waals surface area contributed by atoms with Crippen LogP contribution in [-0.4, -0.2) is 75.7 Å². The van der Waals surface area contributed by atoms with E-state index in [-0.39, 0.29) is 47.1 Å². The molecule has 3 N–H and O–H groups in total. The highest BCUT2D eigenvalue weighted by Crippen LogP contribution is 2.41. The summed E-state index contributed by atoms with van der Waals surface area (Å²) in [5, 5.41) is 23.1. The van der Waals surface area contributed by atoms with E-state index in [1.807, 2.05) is 6.26 Å². The van der Waals surface area contributed by atoms with Crippen molar-refractivity contribution in [3.8, 4) is 46.0 Å². The minimum atomic E-state index is -4.16. The van der Waals surface area contributed by atoms with Crippen LogP contribution in [0.4, 0.5) is 5.82 Å². The van der Waals surface area contributed by atoms with Crippen molar-refractivity contribution in [3.63, 3.8) is 0 Å². The van der Waals surface area contributed by atoms with E-state index in [0.717, 1.165) is 4.90 Å². The summed E-state index contributed by atoms with van der Waals surface area (Å²) < 4.78 is 46.8. The number of benzene rings is 2. The molecule has 3 aromatic heterocycles. The molecule has 42 heavy (non-hydrogen) atoms. The van der Waals surface area contributed by atoms with Gasteiger partial charge in [0.2, 0.25) is 5.75 Å². The van der Waals surface area contributed by atoms with Crippen LogP contribution in [0.3, 0.4) is 0 Å². The molecule has 2 aromatic carbocycles. The fourth-order valence-corrected chi connectivity index (χ4v) is 5.09. The molecule has 0 aliphatic carbocycles. The van der Waals surface area contributed by atoms with E-state index in [9.17, 15) is 13.5 Å². The summed E-state index contributed by atoms with van der Waals surface area (Å²) in [7, 11) is -2.69. The number of rotatable bonds is 12. The molecule has 0 spiro atoms. The van der Waals surface area contributed by atoms with Crippen LogP contribution < -0.4 is 18.9 Å². The molecule has 5 aromatic rings. The average Bonchev–Trinajstić information content (AvgIpc) is 3.57. The van der Waals surface area contributed by atoms with Gasteiger partial charge in [-0.25, -0.2) is 18.5 Å². The molecule has 0 amide bonds. The summed E-state index contributed by atoms with van der Waals surface area (Å²) in [5.74, 6) is 0.507. The summed E-state index contributed by atoms with van der Waals surface area (Å²) in [5.41, 5.74) is 0.836. The highest BCUT2D eigenvalue weighted by molar-refractivity contribution is 7.98. The highest BCUT2D eigenvalue weighted by atomic mass is 32.2. The molecule has 0 saturated carbocycles. The van der Waals surface area contributed by atoms with Crippen molar-refractivity contribution in [3.05, 3.63) is 66.9 Å². The first-order chi connectivity index (χ1) is 20.4. The van der Waals surface area contributed by atoms with Crippen molar-refractivity contribution >= 4 is 27.6 Å². The van der Waals surface area contributed by atoms with E-state index in [4.69, 9.17) is 14.2 Å². The number of methoxy groups -OCH3 is 1. The van der Waals surface area contributed by atoms with Gasteiger partial charge < -0.3 is 19.3 Å². The van der Waals surface area contributed by atoms with E-state index in [1.54, 1.807) is 48.5 Å². The molecule has 0 unspecified atom stereocenters. The highest BCUT2D eigenvalue weighted by Gasteiger charge is 2.25. The third kappa shape index (κ3) is 6.40. The maximum atomic E-state index is 13.5. The molecule has 216 valence electrons. The van der Waals surface area contributed by atoms with Crippen LogP contribution in [0.2, 0.25) is 0 Å². The van der Waals surface area contributed by atoms with Crippen LogP contribution >= 0.6 is 11.8 Å². The maximum Gasteiger partial charge on any atom is 0.263 e. The fraction of sp³-hybridized carbons (Fsp3) is 0.154. The Morgan fingerprint density at radius 1 is 1.05 bits per heavy atom. The third-order valence-corrected chi connectivity index (χ3v) is 7.75. The number of hydrogen-bond donors (Lipinski definition) is 3. The number of nitrogens with one attached hydrogen (secondary N) is 2. The molecule has 14 nitrogen and oxygen atoms in total. The first-order valence-corrected chi connectivity index (χ1v) is 15.0. The Labute approximate surface area is 244 Å². The zero-order chi connectivity index (χ0) is 29.5. The smallest absolute Gasteiger partial charge is 0.263 e. The number of anilines is 1. The molecule has 0 radical (unpaired) electrons. The maximum absolute atomic E-state index is 13.5. The number of sulfonamides is 1. The fourth-order valence-electron chi connectivity index (χ4n) is 3.68. The monoisotopic (exact) mass is 608 g/mol. The molecule has 0 fully saturated rings. The lowest BCUT2D eigenvalue weighted by atomic mass is 10.2. The normalized spacial score (nSPS) is 11.2. The van der Waals surface area contributed by atoms with Crippen LogP contribution in [0, 0.1) is 0 Å². The van der Waals surface area contributed by atoms with Crippen LogP contribution in [0.15, 0.2) is 76.7 Å². The molecule has 0 saturated heterocycles. The summed E-state index contributed by atoms with van der Waals surface area (Å²) >= 11 is 1.48. The van der Waals surface area contributed by atoms with Gasteiger partial charge >= 0.3 is 0 Å². The Balaban J connectivity index is 1.66. The summed E-state index contributed by atoms with van der Waals surface area (Å²) in [6.07, 6.45) is 3.39. The number of H-pyrrole nitrogens is 1. The van der Waals surface area contributed by atoms with Gasteiger partial charge in [-0.2, -0.15) is 4.98 Å². The van der Waals surface area contributed by atoms with Crippen molar-refractivity contribution < 1.29 is 27.7 Å². The summed E-state index contributed by atoms with van der Waals surface area (Å²) in [6.45, 7) is -0.499. The van der Waals surface area contributed by atoms with Gasteiger partial charge in [0.25, 0.3) is 15.9 Å². The molecule has 16 heteroatoms. The Kier molecular flexibility index (Phi) is 8.75. The Morgan fingerprint density at radius 3 is 2.52 bits per heavy atom. The molecular weight excluding hydrogens is 584 g/mol. The number of aromatic amines is 1. The van der Waals surface area contributed by atoms with Gasteiger partial charge in [-0.3, -0.25) is 9.71 Å². The van der Waals surface area contributed by atoms with E-state index in [2.05, 4.69) is 40.3 Å². The van der Waals surface area contributed by atoms with Gasteiger partial charge in [-0.15, -0.1) is 16.9 Å². The van der Waals surface area contributed by atoms with Crippen LogP contribution in [0.25, 0.3) is 22.9 Å². The summed E-state index contributed by atoms with van der Waals surface area (Å²) in [4.78, 5) is 14.2. The first kappa shape index (κ1) is 28.7. The van der Waals surface area contributed by atoms with Crippen LogP contribution in [0.1, 0.15) is 0 Å². The van der Waals surface area contributed by atoms with Crippen molar-refractivity contribution in [1.29, 1.82) is 0 Å². The number of hydrogen-bond acceptors (Lipinski definition) is 13. The molecule has 0 bridgehead atoms. The first-order valence-electron chi connectivity index (χ1n) is 12.3. The molecular formula is C26H24N8O6S2. The van der Waals surface area contributed by atoms with E-state index in [0.29, 0.717) is 22.8 Å². The standard InChI is InChI=1S/C26H24N8O6S2/c1-38-20-5-3-4-6-21(20)40-22-25(32-42(36,37)18-9-7-17(41-2)8-10-18)28-23(29-26(22)39-14-13-35)16-11-12-27-19(15-16)24-30-33-34-31-24/h3-12,15,35H,13-14H2,1-2H3,(H,28,29,32)(H,30,31,33,34). The van der Waals surface area contributed by atoms with Crippen molar-refractivity contribution in [1.82, 2.24) is 35.6 Å². The van der Waals surface area contributed by atoms with Crippen molar-refractivity contribution in [2.75, 3.05) is 31.3 Å². The molecule has 5 rings (SSSR count). The number of para-hydroxylation sites is 2. The Bertz CT molecular complexity index is 1770. The van der Waals surface area contributed by atoms with Gasteiger partial charge in [0.15, 0.2) is 29.0 Å². The predicted octanol–water partition coefficient (Wildman–Crippen LogP) is 3.41. The molecule has 0 aliphatic rings. The molecule has 0 atom stereocenters. The second kappa shape index (κ2) is 12.8. The lowest BCUT2D eigenvalue weighted by Crippen LogP contribution is -2.16. The summed E-state index contributed by atoms with van der Waals surface area (Å²) in [6, 6.07) is 16.4. The van der Waals surface area contributed by atoms with Gasteiger partial charge in [0.05, 0.1) is 18.6 Å². The average molecular weight is 609 g/mol. The molecule has 3 heterocycles.